The third kappa shape index (κ3) is 6.36. The number of aliphatic carboxylic acids is 1. The van der Waals surface area contributed by atoms with Crippen molar-refractivity contribution < 1.29 is 29.6 Å². The summed E-state index contributed by atoms with van der Waals surface area (Å²) < 4.78 is 4.41. The fraction of sp³-hybridized carbons (Fsp3) is 0.800. The largest absolute Gasteiger partial charge is 0.547 e. The zero-order valence-electron chi connectivity index (χ0n) is 9.43. The summed E-state index contributed by atoms with van der Waals surface area (Å²) in [7, 11) is 1.25. The van der Waals surface area contributed by atoms with Crippen molar-refractivity contribution in [2.24, 2.45) is 0 Å². The highest BCUT2D eigenvalue weighted by molar-refractivity contribution is 5.69. The van der Waals surface area contributed by atoms with Gasteiger partial charge in [-0.15, -0.1) is 0 Å². The number of carboxylic acid groups (broad SMARTS) is 1. The van der Waals surface area contributed by atoms with E-state index in [0.717, 1.165) is 0 Å². The van der Waals surface area contributed by atoms with Gasteiger partial charge in [-0.3, -0.25) is 4.79 Å². The maximum atomic E-state index is 10.8. The second-order valence-electron chi connectivity index (χ2n) is 3.95. The first-order valence-electron chi connectivity index (χ1n) is 4.96. The van der Waals surface area contributed by atoms with E-state index in [4.69, 9.17) is 5.11 Å². The van der Waals surface area contributed by atoms with Gasteiger partial charge in [0.2, 0.25) is 0 Å². The van der Waals surface area contributed by atoms with Crippen molar-refractivity contribution in [2.75, 3.05) is 7.11 Å². The van der Waals surface area contributed by atoms with Crippen LogP contribution in [0.5, 0.6) is 0 Å². The smallest absolute Gasteiger partial charge is 0.305 e. The first-order valence-corrected chi connectivity index (χ1v) is 4.96. The van der Waals surface area contributed by atoms with Gasteiger partial charge in [0.05, 0.1) is 24.8 Å². The fourth-order valence-electron chi connectivity index (χ4n) is 1.16. The monoisotopic (exact) mass is 233 g/mol. The Kier molecular flexibility index (Phi) is 5.98. The quantitative estimate of drug-likeness (QED) is 0.523. The Hall–Kier alpha value is -1.14. The molecule has 16 heavy (non-hydrogen) atoms. The number of aliphatic hydroxyl groups excluding tert-OH is 1. The summed E-state index contributed by atoms with van der Waals surface area (Å²) in [5.41, 5.74) is -1.20. The van der Waals surface area contributed by atoms with Gasteiger partial charge >= 0.3 is 5.97 Å². The minimum absolute atomic E-state index is 0.0465. The molecule has 6 heteroatoms. The second-order valence-corrected chi connectivity index (χ2v) is 3.95. The van der Waals surface area contributed by atoms with Crippen LogP contribution in [-0.2, 0) is 14.3 Å². The standard InChI is InChI=1S/C10H18O6/c1-10(15,6-4-8(12)16-2)5-3-7(11)9(13)14/h7,11,15H,3-6H2,1-2H3,(H,13,14)/p-1. The molecular formula is C10H17O6-. The molecule has 0 aliphatic carbocycles. The first kappa shape index (κ1) is 14.9. The molecule has 0 aliphatic rings. The number of hydrogen-bond donors (Lipinski definition) is 2. The van der Waals surface area contributed by atoms with Crippen molar-refractivity contribution >= 4 is 11.9 Å². The minimum atomic E-state index is -1.59. The number of methoxy groups -OCH3 is 1. The van der Waals surface area contributed by atoms with Gasteiger partial charge in [0.25, 0.3) is 0 Å². The molecule has 0 aromatic carbocycles. The summed E-state index contributed by atoms with van der Waals surface area (Å²) >= 11 is 0. The van der Waals surface area contributed by atoms with Crippen molar-refractivity contribution in [3.63, 3.8) is 0 Å². The van der Waals surface area contributed by atoms with Crippen molar-refractivity contribution in [3.05, 3.63) is 0 Å². The summed E-state index contributed by atoms with van der Waals surface area (Å²) in [6.45, 7) is 1.47. The topological polar surface area (TPSA) is 107 Å². The molecule has 0 fully saturated rings. The number of rotatable bonds is 7. The number of aliphatic hydroxyl groups is 2. The van der Waals surface area contributed by atoms with E-state index in [1.54, 1.807) is 0 Å². The van der Waals surface area contributed by atoms with Gasteiger partial charge in [-0.05, 0) is 26.2 Å². The van der Waals surface area contributed by atoms with Crippen LogP contribution in [-0.4, -0.2) is 41.0 Å². The summed E-state index contributed by atoms with van der Waals surface area (Å²) in [5, 5.41) is 28.9. The van der Waals surface area contributed by atoms with Crippen molar-refractivity contribution in [1.82, 2.24) is 0 Å². The Bertz CT molecular complexity index is 248. The summed E-state index contributed by atoms with van der Waals surface area (Å²) in [4.78, 5) is 21.0. The first-order chi connectivity index (χ1) is 7.28. The number of ether oxygens (including phenoxy) is 1. The summed E-state index contributed by atoms with van der Waals surface area (Å²) in [6.07, 6.45) is -1.44. The lowest BCUT2D eigenvalue weighted by atomic mass is 9.93. The third-order valence-corrected chi connectivity index (χ3v) is 2.32. The summed E-state index contributed by atoms with van der Waals surface area (Å²) in [6, 6.07) is 0. The van der Waals surface area contributed by atoms with Crippen molar-refractivity contribution in [1.29, 1.82) is 0 Å². The Morgan fingerprint density at radius 3 is 2.44 bits per heavy atom. The molecule has 0 aromatic heterocycles. The van der Waals surface area contributed by atoms with E-state index in [9.17, 15) is 19.8 Å². The highest BCUT2D eigenvalue weighted by atomic mass is 16.5. The van der Waals surface area contributed by atoms with Crippen LogP contribution in [0.3, 0.4) is 0 Å². The van der Waals surface area contributed by atoms with Crippen LogP contribution in [0.1, 0.15) is 32.6 Å². The van der Waals surface area contributed by atoms with Crippen LogP contribution >= 0.6 is 0 Å². The van der Waals surface area contributed by atoms with E-state index in [2.05, 4.69) is 4.74 Å². The molecule has 0 saturated carbocycles. The highest BCUT2D eigenvalue weighted by Gasteiger charge is 2.23. The SMILES string of the molecule is COC(=O)CCC(C)(O)CCC(O)C(=O)[O-]. The van der Waals surface area contributed by atoms with Gasteiger partial charge in [0, 0.05) is 6.42 Å². The van der Waals surface area contributed by atoms with E-state index in [1.165, 1.54) is 14.0 Å². The lowest BCUT2D eigenvalue weighted by molar-refractivity contribution is -0.315. The zero-order valence-corrected chi connectivity index (χ0v) is 9.43. The molecule has 2 N–H and O–H groups in total. The van der Waals surface area contributed by atoms with Crippen molar-refractivity contribution in [3.8, 4) is 0 Å². The number of carbonyl (C=O) groups excluding carboxylic acids is 2. The third-order valence-electron chi connectivity index (χ3n) is 2.32. The van der Waals surface area contributed by atoms with Crippen LogP contribution < -0.4 is 5.11 Å². The fourth-order valence-corrected chi connectivity index (χ4v) is 1.16. The maximum Gasteiger partial charge on any atom is 0.305 e. The summed E-state index contributed by atoms with van der Waals surface area (Å²) in [5.74, 6) is -2.01. The maximum absolute atomic E-state index is 10.8. The minimum Gasteiger partial charge on any atom is -0.547 e. The molecule has 0 bridgehead atoms. The predicted octanol–water partition coefficient (Wildman–Crippen LogP) is -1.42. The molecular weight excluding hydrogens is 216 g/mol. The molecule has 0 amide bonds. The Labute approximate surface area is 93.8 Å². The van der Waals surface area contributed by atoms with Crippen LogP contribution in [0.15, 0.2) is 0 Å². The van der Waals surface area contributed by atoms with E-state index >= 15 is 0 Å². The Morgan fingerprint density at radius 1 is 1.44 bits per heavy atom. The molecule has 0 saturated heterocycles. The zero-order chi connectivity index (χ0) is 12.8. The molecule has 0 spiro atoms. The van der Waals surface area contributed by atoms with Gasteiger partial charge in [-0.1, -0.05) is 0 Å². The van der Waals surface area contributed by atoms with Gasteiger partial charge in [-0.25, -0.2) is 0 Å². The molecule has 0 aliphatic heterocycles. The van der Waals surface area contributed by atoms with E-state index in [1.807, 2.05) is 0 Å². The van der Waals surface area contributed by atoms with Crippen LogP contribution in [0.2, 0.25) is 0 Å². The number of hydrogen-bond acceptors (Lipinski definition) is 6. The lowest BCUT2D eigenvalue weighted by Crippen LogP contribution is -2.37. The van der Waals surface area contributed by atoms with E-state index in [-0.39, 0.29) is 25.7 Å². The number of carbonyl (C=O) groups is 2. The van der Waals surface area contributed by atoms with Gasteiger partial charge in [0.1, 0.15) is 0 Å². The average Bonchev–Trinajstić information content (AvgIpc) is 2.22. The number of carboxylic acids is 1. The molecule has 0 radical (unpaired) electrons. The molecule has 0 rings (SSSR count). The lowest BCUT2D eigenvalue weighted by Gasteiger charge is -2.24. The highest BCUT2D eigenvalue weighted by Crippen LogP contribution is 2.19. The average molecular weight is 233 g/mol. The van der Waals surface area contributed by atoms with E-state index in [0.29, 0.717) is 0 Å². The van der Waals surface area contributed by atoms with E-state index < -0.39 is 23.6 Å². The van der Waals surface area contributed by atoms with Crippen LogP contribution in [0.25, 0.3) is 0 Å². The molecule has 94 valence electrons. The van der Waals surface area contributed by atoms with Gasteiger partial charge < -0.3 is 24.9 Å². The second kappa shape index (κ2) is 6.44. The van der Waals surface area contributed by atoms with Gasteiger partial charge in [0.15, 0.2) is 0 Å². The normalized spacial score (nSPS) is 16.2. The van der Waals surface area contributed by atoms with Gasteiger partial charge in [-0.2, -0.15) is 0 Å². The van der Waals surface area contributed by atoms with Crippen molar-refractivity contribution in [2.45, 2.75) is 44.3 Å². The molecule has 6 nitrogen and oxygen atoms in total. The molecule has 2 unspecified atom stereocenters. The predicted molar refractivity (Wildman–Crippen MR) is 52.1 cm³/mol. The Morgan fingerprint density at radius 2 is 2.00 bits per heavy atom. The Balaban J connectivity index is 3.95. The van der Waals surface area contributed by atoms with Crippen LogP contribution in [0.4, 0.5) is 0 Å². The molecule has 2 atom stereocenters. The molecule has 0 heterocycles. The molecule has 0 aromatic rings. The number of esters is 1. The van der Waals surface area contributed by atoms with Crippen LogP contribution in [0, 0.1) is 0 Å².